The Balaban J connectivity index is 1.51. The third-order valence-corrected chi connectivity index (χ3v) is 5.52. The maximum absolute atomic E-state index is 12.8. The van der Waals surface area contributed by atoms with Gasteiger partial charge in [-0.1, -0.05) is 32.9 Å². The molecule has 2 aliphatic rings. The average molecular weight is 344 g/mol. The van der Waals surface area contributed by atoms with E-state index >= 15 is 0 Å². The van der Waals surface area contributed by atoms with Gasteiger partial charge in [0.05, 0.1) is 13.2 Å². The Kier molecular flexibility index (Phi) is 5.80. The van der Waals surface area contributed by atoms with E-state index in [-0.39, 0.29) is 11.3 Å². The van der Waals surface area contributed by atoms with E-state index < -0.39 is 0 Å². The van der Waals surface area contributed by atoms with Crippen LogP contribution in [-0.2, 0) is 10.2 Å². The highest BCUT2D eigenvalue weighted by Gasteiger charge is 2.25. The number of ether oxygens (including phenoxy) is 1. The van der Waals surface area contributed by atoms with E-state index in [0.29, 0.717) is 5.92 Å². The smallest absolute Gasteiger partial charge is 0.253 e. The van der Waals surface area contributed by atoms with Gasteiger partial charge in [0.1, 0.15) is 0 Å². The van der Waals surface area contributed by atoms with E-state index in [9.17, 15) is 4.79 Å². The lowest BCUT2D eigenvalue weighted by atomic mass is 9.86. The first-order valence-electron chi connectivity index (χ1n) is 9.63. The number of likely N-dealkylation sites (tertiary alicyclic amines) is 1. The zero-order chi connectivity index (χ0) is 17.9. The monoisotopic (exact) mass is 344 g/mol. The van der Waals surface area contributed by atoms with Gasteiger partial charge in [-0.05, 0) is 41.9 Å². The number of rotatable bonds is 3. The van der Waals surface area contributed by atoms with Crippen LogP contribution in [0.5, 0.6) is 0 Å². The van der Waals surface area contributed by atoms with Crippen LogP contribution >= 0.6 is 0 Å². The van der Waals surface area contributed by atoms with E-state index in [1.165, 1.54) is 5.56 Å². The molecule has 0 unspecified atom stereocenters. The van der Waals surface area contributed by atoms with Crippen LogP contribution in [0, 0.1) is 5.92 Å². The molecule has 2 heterocycles. The summed E-state index contributed by atoms with van der Waals surface area (Å²) >= 11 is 0. The fraction of sp³-hybridized carbons (Fsp3) is 0.667. The third kappa shape index (κ3) is 4.83. The Bertz CT molecular complexity index is 563. The lowest BCUT2D eigenvalue weighted by Crippen LogP contribution is -2.44. The average Bonchev–Trinajstić information content (AvgIpc) is 2.62. The maximum Gasteiger partial charge on any atom is 0.253 e. The highest BCUT2D eigenvalue weighted by atomic mass is 16.5. The second-order valence-corrected chi connectivity index (χ2v) is 8.48. The van der Waals surface area contributed by atoms with Crippen LogP contribution in [0.1, 0.15) is 49.5 Å². The minimum Gasteiger partial charge on any atom is -0.379 e. The summed E-state index contributed by atoms with van der Waals surface area (Å²) in [5, 5.41) is 0. The van der Waals surface area contributed by atoms with Crippen molar-refractivity contribution in [2.24, 2.45) is 5.92 Å². The first-order chi connectivity index (χ1) is 11.9. The number of piperidine rings is 1. The molecule has 138 valence electrons. The standard InChI is InChI=1S/C21H32N2O2/c1-21(2,3)19-6-4-18(5-7-19)20(24)23-10-8-17(9-11-23)16-22-12-14-25-15-13-22/h4-7,17H,8-16H2,1-3H3. The summed E-state index contributed by atoms with van der Waals surface area (Å²) in [4.78, 5) is 17.3. The van der Waals surface area contributed by atoms with Gasteiger partial charge in [-0.25, -0.2) is 0 Å². The number of hydrogen-bond donors (Lipinski definition) is 0. The van der Waals surface area contributed by atoms with Crippen molar-refractivity contribution in [1.29, 1.82) is 0 Å². The van der Waals surface area contributed by atoms with Gasteiger partial charge in [0, 0.05) is 38.3 Å². The Morgan fingerprint density at radius 1 is 1.04 bits per heavy atom. The minimum absolute atomic E-state index is 0.124. The molecule has 1 aromatic carbocycles. The third-order valence-electron chi connectivity index (χ3n) is 5.52. The van der Waals surface area contributed by atoms with Gasteiger partial charge in [0.25, 0.3) is 5.91 Å². The molecule has 0 radical (unpaired) electrons. The van der Waals surface area contributed by atoms with Crippen LogP contribution < -0.4 is 0 Å². The van der Waals surface area contributed by atoms with Crippen molar-refractivity contribution >= 4 is 5.91 Å². The largest absolute Gasteiger partial charge is 0.379 e. The molecule has 0 N–H and O–H groups in total. The van der Waals surface area contributed by atoms with Crippen molar-refractivity contribution in [2.45, 2.75) is 39.0 Å². The summed E-state index contributed by atoms with van der Waals surface area (Å²) in [7, 11) is 0. The molecule has 0 saturated carbocycles. The summed E-state index contributed by atoms with van der Waals surface area (Å²) in [5.74, 6) is 0.899. The molecule has 2 fully saturated rings. The Labute approximate surface area is 152 Å². The second-order valence-electron chi connectivity index (χ2n) is 8.48. The van der Waals surface area contributed by atoms with Gasteiger partial charge in [-0.15, -0.1) is 0 Å². The molecule has 4 heteroatoms. The van der Waals surface area contributed by atoms with E-state index in [2.05, 4.69) is 37.8 Å². The summed E-state index contributed by atoms with van der Waals surface area (Å²) in [6, 6.07) is 8.17. The molecule has 25 heavy (non-hydrogen) atoms. The summed E-state index contributed by atoms with van der Waals surface area (Å²) < 4.78 is 5.42. The maximum atomic E-state index is 12.8. The molecular weight excluding hydrogens is 312 g/mol. The van der Waals surface area contributed by atoms with Crippen molar-refractivity contribution < 1.29 is 9.53 Å². The molecule has 1 amide bonds. The SMILES string of the molecule is CC(C)(C)c1ccc(C(=O)N2CCC(CN3CCOCC3)CC2)cc1. The predicted octanol–water partition coefficient (Wildman–Crippen LogP) is 3.17. The summed E-state index contributed by atoms with van der Waals surface area (Å²) in [6.45, 7) is 13.4. The quantitative estimate of drug-likeness (QED) is 0.844. The first kappa shape index (κ1) is 18.4. The Hall–Kier alpha value is -1.39. The van der Waals surface area contributed by atoms with E-state index in [4.69, 9.17) is 4.74 Å². The van der Waals surface area contributed by atoms with E-state index in [1.54, 1.807) is 0 Å². The normalized spacial score (nSPS) is 20.7. The molecule has 0 spiro atoms. The van der Waals surface area contributed by atoms with Crippen LogP contribution in [-0.4, -0.2) is 61.6 Å². The molecular formula is C21H32N2O2. The number of morpholine rings is 1. The number of benzene rings is 1. The minimum atomic E-state index is 0.124. The highest BCUT2D eigenvalue weighted by Crippen LogP contribution is 2.24. The molecule has 4 nitrogen and oxygen atoms in total. The van der Waals surface area contributed by atoms with Gasteiger partial charge in [0.2, 0.25) is 0 Å². The van der Waals surface area contributed by atoms with Crippen molar-refractivity contribution in [1.82, 2.24) is 9.80 Å². The van der Waals surface area contributed by atoms with Crippen LogP contribution in [0.15, 0.2) is 24.3 Å². The number of carbonyl (C=O) groups is 1. The number of carbonyl (C=O) groups excluding carboxylic acids is 1. The van der Waals surface area contributed by atoms with E-state index in [1.807, 2.05) is 17.0 Å². The lowest BCUT2D eigenvalue weighted by Gasteiger charge is -2.36. The van der Waals surface area contributed by atoms with Crippen LogP contribution in [0.4, 0.5) is 0 Å². The molecule has 0 aliphatic carbocycles. The van der Waals surface area contributed by atoms with Gasteiger partial charge < -0.3 is 9.64 Å². The molecule has 0 aromatic heterocycles. The van der Waals surface area contributed by atoms with Crippen molar-refractivity contribution in [3.63, 3.8) is 0 Å². The van der Waals surface area contributed by atoms with Crippen molar-refractivity contribution in [2.75, 3.05) is 45.9 Å². The molecule has 3 rings (SSSR count). The zero-order valence-corrected chi connectivity index (χ0v) is 16.0. The Morgan fingerprint density at radius 2 is 1.64 bits per heavy atom. The molecule has 0 atom stereocenters. The lowest BCUT2D eigenvalue weighted by molar-refractivity contribution is 0.0243. The fourth-order valence-corrected chi connectivity index (χ4v) is 3.76. The van der Waals surface area contributed by atoms with Gasteiger partial charge in [-0.3, -0.25) is 9.69 Å². The van der Waals surface area contributed by atoms with Crippen LogP contribution in [0.25, 0.3) is 0 Å². The number of amides is 1. The Morgan fingerprint density at radius 3 is 2.20 bits per heavy atom. The van der Waals surface area contributed by atoms with Crippen LogP contribution in [0.2, 0.25) is 0 Å². The molecule has 0 bridgehead atoms. The fourth-order valence-electron chi connectivity index (χ4n) is 3.76. The molecule has 2 aliphatic heterocycles. The van der Waals surface area contributed by atoms with Gasteiger partial charge in [0.15, 0.2) is 0 Å². The predicted molar refractivity (Wildman–Crippen MR) is 101 cm³/mol. The molecule has 1 aromatic rings. The second kappa shape index (κ2) is 7.88. The van der Waals surface area contributed by atoms with E-state index in [0.717, 1.165) is 64.3 Å². The highest BCUT2D eigenvalue weighted by molar-refractivity contribution is 5.94. The first-order valence-corrected chi connectivity index (χ1v) is 9.63. The summed E-state index contributed by atoms with van der Waals surface area (Å²) in [6.07, 6.45) is 2.23. The molecule has 2 saturated heterocycles. The van der Waals surface area contributed by atoms with Gasteiger partial charge in [-0.2, -0.15) is 0 Å². The number of hydrogen-bond acceptors (Lipinski definition) is 3. The van der Waals surface area contributed by atoms with Gasteiger partial charge >= 0.3 is 0 Å². The summed E-state index contributed by atoms with van der Waals surface area (Å²) in [5.41, 5.74) is 2.22. The number of nitrogens with zero attached hydrogens (tertiary/aromatic N) is 2. The van der Waals surface area contributed by atoms with Crippen LogP contribution in [0.3, 0.4) is 0 Å². The zero-order valence-electron chi connectivity index (χ0n) is 16.0. The van der Waals surface area contributed by atoms with Crippen molar-refractivity contribution in [3.05, 3.63) is 35.4 Å². The topological polar surface area (TPSA) is 32.8 Å². The van der Waals surface area contributed by atoms with Crippen molar-refractivity contribution in [3.8, 4) is 0 Å².